The highest BCUT2D eigenvalue weighted by Gasteiger charge is 2.10. The van der Waals surface area contributed by atoms with Crippen LogP contribution in [0.1, 0.15) is 15.9 Å². The van der Waals surface area contributed by atoms with Crippen LogP contribution in [0.5, 0.6) is 11.5 Å². The van der Waals surface area contributed by atoms with Crippen molar-refractivity contribution in [3.05, 3.63) is 69.8 Å². The average Bonchev–Trinajstić information content (AvgIpc) is 2.67. The van der Waals surface area contributed by atoms with Crippen molar-refractivity contribution in [2.45, 2.75) is 6.42 Å². The smallest absolute Gasteiger partial charge is 0.251 e. The molecule has 140 valence electrons. The van der Waals surface area contributed by atoms with Crippen molar-refractivity contribution in [3.8, 4) is 11.5 Å². The fraction of sp³-hybridized carbons (Fsp3) is 0.200. The van der Waals surface area contributed by atoms with Crippen LogP contribution >= 0.6 is 0 Å². The Balaban J connectivity index is 1.75. The zero-order chi connectivity index (χ0) is 19.4. The van der Waals surface area contributed by atoms with Gasteiger partial charge < -0.3 is 19.8 Å². The Morgan fingerprint density at radius 1 is 1.11 bits per heavy atom. The number of carbonyl (C=O) groups excluding carboxylic acids is 1. The van der Waals surface area contributed by atoms with Gasteiger partial charge in [-0.2, -0.15) is 0 Å². The molecule has 0 fully saturated rings. The fourth-order valence-corrected chi connectivity index (χ4v) is 2.81. The van der Waals surface area contributed by atoms with Gasteiger partial charge in [0.25, 0.3) is 11.5 Å². The number of fused-ring (bicyclic) bond motifs is 1. The molecule has 0 aliphatic heterocycles. The van der Waals surface area contributed by atoms with Crippen molar-refractivity contribution in [1.82, 2.24) is 10.3 Å². The highest BCUT2D eigenvalue weighted by atomic mass is 19.1. The highest BCUT2D eigenvalue weighted by molar-refractivity contribution is 5.94. The summed E-state index contributed by atoms with van der Waals surface area (Å²) in [4.78, 5) is 27.1. The van der Waals surface area contributed by atoms with E-state index in [9.17, 15) is 14.0 Å². The first-order valence-corrected chi connectivity index (χ1v) is 8.33. The molecule has 2 N–H and O–H groups in total. The molecule has 0 aliphatic carbocycles. The van der Waals surface area contributed by atoms with Crippen molar-refractivity contribution < 1.29 is 18.7 Å². The van der Waals surface area contributed by atoms with Crippen LogP contribution in [0.2, 0.25) is 0 Å². The zero-order valence-corrected chi connectivity index (χ0v) is 15.0. The SMILES string of the molecule is COc1cc2cc(CCNC(=O)c3cccc(F)c3)c(=O)[nH]c2cc1OC. The number of aromatic nitrogens is 1. The molecule has 3 rings (SSSR count). The summed E-state index contributed by atoms with van der Waals surface area (Å²) in [6, 6.07) is 10.7. The molecule has 2 aromatic carbocycles. The van der Waals surface area contributed by atoms with E-state index < -0.39 is 11.7 Å². The molecule has 0 unspecified atom stereocenters. The number of pyridine rings is 1. The summed E-state index contributed by atoms with van der Waals surface area (Å²) < 4.78 is 23.7. The van der Waals surface area contributed by atoms with Crippen molar-refractivity contribution in [3.63, 3.8) is 0 Å². The first-order chi connectivity index (χ1) is 13.0. The molecular weight excluding hydrogens is 351 g/mol. The molecule has 0 saturated heterocycles. The summed E-state index contributed by atoms with van der Waals surface area (Å²) in [5.41, 5.74) is 1.15. The van der Waals surface area contributed by atoms with Gasteiger partial charge in [0.05, 0.1) is 19.7 Å². The fourth-order valence-electron chi connectivity index (χ4n) is 2.81. The summed E-state index contributed by atoms with van der Waals surface area (Å²) in [5, 5.41) is 3.48. The van der Waals surface area contributed by atoms with Crippen LogP contribution in [-0.2, 0) is 6.42 Å². The Morgan fingerprint density at radius 3 is 2.56 bits per heavy atom. The number of methoxy groups -OCH3 is 2. The number of rotatable bonds is 6. The van der Waals surface area contributed by atoms with Crippen LogP contribution in [0.4, 0.5) is 4.39 Å². The lowest BCUT2D eigenvalue weighted by atomic mass is 10.1. The van der Waals surface area contributed by atoms with E-state index >= 15 is 0 Å². The van der Waals surface area contributed by atoms with Gasteiger partial charge in [-0.05, 0) is 36.8 Å². The van der Waals surface area contributed by atoms with E-state index in [1.807, 2.05) is 0 Å². The third kappa shape index (κ3) is 4.08. The molecule has 0 atom stereocenters. The van der Waals surface area contributed by atoms with Crippen LogP contribution in [-0.4, -0.2) is 31.7 Å². The van der Waals surface area contributed by atoms with E-state index in [-0.39, 0.29) is 17.7 Å². The van der Waals surface area contributed by atoms with Crippen molar-refractivity contribution >= 4 is 16.8 Å². The highest BCUT2D eigenvalue weighted by Crippen LogP contribution is 2.31. The summed E-state index contributed by atoms with van der Waals surface area (Å²) in [6.45, 7) is 0.247. The van der Waals surface area contributed by atoms with Gasteiger partial charge >= 0.3 is 0 Å². The number of ether oxygens (including phenoxy) is 2. The third-order valence-corrected chi connectivity index (χ3v) is 4.19. The predicted molar refractivity (Wildman–Crippen MR) is 100 cm³/mol. The largest absolute Gasteiger partial charge is 0.493 e. The molecule has 6 nitrogen and oxygen atoms in total. The van der Waals surface area contributed by atoms with Crippen LogP contribution in [0, 0.1) is 5.82 Å². The van der Waals surface area contributed by atoms with Gasteiger partial charge in [-0.1, -0.05) is 6.07 Å². The summed E-state index contributed by atoms with van der Waals surface area (Å²) >= 11 is 0. The first kappa shape index (κ1) is 18.4. The van der Waals surface area contributed by atoms with Gasteiger partial charge in [0.15, 0.2) is 11.5 Å². The molecule has 3 aromatic rings. The van der Waals surface area contributed by atoms with Crippen LogP contribution in [0.15, 0.2) is 47.3 Å². The molecule has 0 aliphatic rings. The Hall–Kier alpha value is -3.35. The lowest BCUT2D eigenvalue weighted by Crippen LogP contribution is -2.27. The molecule has 1 aromatic heterocycles. The maximum Gasteiger partial charge on any atom is 0.251 e. The monoisotopic (exact) mass is 370 g/mol. The van der Waals surface area contributed by atoms with E-state index in [1.54, 1.807) is 18.2 Å². The molecule has 1 amide bonds. The number of hydrogen-bond acceptors (Lipinski definition) is 4. The van der Waals surface area contributed by atoms with Gasteiger partial charge in [0.1, 0.15) is 5.82 Å². The van der Waals surface area contributed by atoms with E-state index in [0.29, 0.717) is 29.0 Å². The van der Waals surface area contributed by atoms with Crippen LogP contribution < -0.4 is 20.3 Å². The molecular formula is C20H19FN2O4. The number of benzene rings is 2. The lowest BCUT2D eigenvalue weighted by Gasteiger charge is -2.10. The summed E-state index contributed by atoms with van der Waals surface area (Å²) in [5.74, 6) is 0.217. The van der Waals surface area contributed by atoms with Gasteiger partial charge in [-0.15, -0.1) is 0 Å². The molecule has 0 bridgehead atoms. The Morgan fingerprint density at radius 2 is 1.85 bits per heavy atom. The van der Waals surface area contributed by atoms with Crippen molar-refractivity contribution in [2.24, 2.45) is 0 Å². The number of halogens is 1. The van der Waals surface area contributed by atoms with E-state index in [4.69, 9.17) is 9.47 Å². The van der Waals surface area contributed by atoms with Gasteiger partial charge in [-0.3, -0.25) is 9.59 Å². The molecule has 0 saturated carbocycles. The van der Waals surface area contributed by atoms with Crippen molar-refractivity contribution in [2.75, 3.05) is 20.8 Å². The zero-order valence-electron chi connectivity index (χ0n) is 15.0. The summed E-state index contributed by atoms with van der Waals surface area (Å²) in [6.07, 6.45) is 0.334. The Bertz CT molecular complexity index is 1050. The average molecular weight is 370 g/mol. The van der Waals surface area contributed by atoms with Gasteiger partial charge in [-0.25, -0.2) is 4.39 Å². The number of hydrogen-bond donors (Lipinski definition) is 2. The van der Waals surface area contributed by atoms with Crippen molar-refractivity contribution in [1.29, 1.82) is 0 Å². The van der Waals surface area contributed by atoms with Crippen LogP contribution in [0.3, 0.4) is 0 Å². The quantitative estimate of drug-likeness (QED) is 0.699. The first-order valence-electron chi connectivity index (χ1n) is 8.33. The normalized spacial score (nSPS) is 10.6. The topological polar surface area (TPSA) is 80.4 Å². The summed E-state index contributed by atoms with van der Waals surface area (Å²) in [7, 11) is 3.07. The molecule has 27 heavy (non-hydrogen) atoms. The Labute approximate surface area is 154 Å². The number of H-pyrrole nitrogens is 1. The van der Waals surface area contributed by atoms with Crippen LogP contribution in [0.25, 0.3) is 10.9 Å². The van der Waals surface area contributed by atoms with E-state index in [2.05, 4.69) is 10.3 Å². The van der Waals surface area contributed by atoms with Gasteiger partial charge in [0, 0.05) is 29.1 Å². The maximum atomic E-state index is 13.2. The number of amides is 1. The number of aromatic amines is 1. The number of nitrogens with one attached hydrogen (secondary N) is 2. The third-order valence-electron chi connectivity index (χ3n) is 4.19. The lowest BCUT2D eigenvalue weighted by molar-refractivity contribution is 0.0953. The predicted octanol–water partition coefficient (Wildman–Crippen LogP) is 2.66. The minimum Gasteiger partial charge on any atom is -0.493 e. The molecule has 0 spiro atoms. The molecule has 0 radical (unpaired) electrons. The van der Waals surface area contributed by atoms with E-state index in [1.165, 1.54) is 32.4 Å². The van der Waals surface area contributed by atoms with E-state index in [0.717, 1.165) is 11.5 Å². The van der Waals surface area contributed by atoms with Gasteiger partial charge in [0.2, 0.25) is 0 Å². The molecule has 7 heteroatoms. The second kappa shape index (κ2) is 7.90. The molecule has 1 heterocycles. The second-order valence-electron chi connectivity index (χ2n) is 5.93. The maximum absolute atomic E-state index is 13.2. The number of carbonyl (C=O) groups is 1. The minimum absolute atomic E-state index is 0.235. The standard InChI is InChI=1S/C20H19FN2O4/c1-26-17-10-14-8-13(20(25)23-16(14)11-18(17)27-2)6-7-22-19(24)12-4-3-5-15(21)9-12/h3-5,8-11H,6-7H2,1-2H3,(H,22,24)(H,23,25). The second-order valence-corrected chi connectivity index (χ2v) is 5.93. The minimum atomic E-state index is -0.474. The Kier molecular flexibility index (Phi) is 5.40.